The number of aromatic nitrogens is 2. The first-order chi connectivity index (χ1) is 5.29. The van der Waals surface area contributed by atoms with Gasteiger partial charge >= 0.3 is 0 Å². The van der Waals surface area contributed by atoms with Crippen molar-refractivity contribution in [1.82, 2.24) is 9.78 Å². The molecule has 0 aliphatic carbocycles. The van der Waals surface area contributed by atoms with E-state index in [1.807, 2.05) is 6.92 Å². The van der Waals surface area contributed by atoms with Gasteiger partial charge in [0.05, 0.1) is 6.20 Å². The maximum atomic E-state index is 9.46. The van der Waals surface area contributed by atoms with Crippen LogP contribution in [0.25, 0.3) is 0 Å². The van der Waals surface area contributed by atoms with Crippen LogP contribution in [-0.2, 0) is 13.0 Å². The summed E-state index contributed by atoms with van der Waals surface area (Å²) in [7, 11) is 0. The molecule has 1 heterocycles. The summed E-state index contributed by atoms with van der Waals surface area (Å²) < 4.78 is 1.64. The zero-order valence-corrected chi connectivity index (χ0v) is 7.04. The Balaban J connectivity index is 2.82. The zero-order valence-electron chi connectivity index (χ0n) is 7.04. The van der Waals surface area contributed by atoms with E-state index < -0.39 is 0 Å². The van der Waals surface area contributed by atoms with Gasteiger partial charge in [-0.3, -0.25) is 0 Å². The van der Waals surface area contributed by atoms with Gasteiger partial charge in [0.2, 0.25) is 5.88 Å². The fourth-order valence-electron chi connectivity index (χ4n) is 1.04. The molecule has 0 radical (unpaired) electrons. The average molecular weight is 154 g/mol. The Labute approximate surface area is 66.7 Å². The molecule has 62 valence electrons. The molecule has 1 N–H and O–H groups in total. The lowest BCUT2D eigenvalue weighted by Gasteiger charge is -1.99. The van der Waals surface area contributed by atoms with E-state index in [0.717, 1.165) is 24.9 Å². The normalized spacial score (nSPS) is 10.4. The van der Waals surface area contributed by atoms with Crippen molar-refractivity contribution < 1.29 is 5.11 Å². The molecule has 0 amide bonds. The van der Waals surface area contributed by atoms with Crippen molar-refractivity contribution in [3.8, 4) is 5.88 Å². The number of hydrogen-bond donors (Lipinski definition) is 1. The first-order valence-corrected chi connectivity index (χ1v) is 4.03. The molecule has 0 unspecified atom stereocenters. The van der Waals surface area contributed by atoms with Crippen molar-refractivity contribution in [2.45, 2.75) is 33.2 Å². The molecule has 11 heavy (non-hydrogen) atoms. The minimum Gasteiger partial charge on any atom is -0.493 e. The third-order valence-corrected chi connectivity index (χ3v) is 1.70. The van der Waals surface area contributed by atoms with Gasteiger partial charge in [-0.1, -0.05) is 13.8 Å². The van der Waals surface area contributed by atoms with Gasteiger partial charge in [-0.2, -0.15) is 5.10 Å². The van der Waals surface area contributed by atoms with Crippen molar-refractivity contribution in [2.75, 3.05) is 0 Å². The summed E-state index contributed by atoms with van der Waals surface area (Å²) >= 11 is 0. The van der Waals surface area contributed by atoms with Crippen LogP contribution in [0.1, 0.15) is 25.8 Å². The maximum Gasteiger partial charge on any atom is 0.212 e. The molecule has 0 aromatic carbocycles. The highest BCUT2D eigenvalue weighted by Crippen LogP contribution is 2.16. The molecule has 1 rings (SSSR count). The lowest BCUT2D eigenvalue weighted by Crippen LogP contribution is -1.97. The predicted octanol–water partition coefficient (Wildman–Crippen LogP) is 1.56. The first-order valence-electron chi connectivity index (χ1n) is 4.03. The van der Waals surface area contributed by atoms with Crippen LogP contribution in [0.4, 0.5) is 0 Å². The van der Waals surface area contributed by atoms with E-state index in [-0.39, 0.29) is 0 Å². The highest BCUT2D eigenvalue weighted by Gasteiger charge is 2.05. The zero-order chi connectivity index (χ0) is 8.27. The predicted molar refractivity (Wildman–Crippen MR) is 43.6 cm³/mol. The molecule has 0 saturated heterocycles. The molecule has 0 aliphatic heterocycles. The molecule has 0 atom stereocenters. The number of hydrogen-bond acceptors (Lipinski definition) is 2. The molecule has 0 spiro atoms. The monoisotopic (exact) mass is 154 g/mol. The fourth-order valence-corrected chi connectivity index (χ4v) is 1.04. The molecule has 3 heteroatoms. The van der Waals surface area contributed by atoms with Crippen LogP contribution < -0.4 is 0 Å². The lowest BCUT2D eigenvalue weighted by molar-refractivity contribution is 0.393. The second-order valence-electron chi connectivity index (χ2n) is 2.57. The summed E-state index contributed by atoms with van der Waals surface area (Å²) in [6, 6.07) is 0. The summed E-state index contributed by atoms with van der Waals surface area (Å²) in [6.07, 6.45) is 3.57. The van der Waals surface area contributed by atoms with Crippen LogP contribution in [0, 0.1) is 0 Å². The maximum absolute atomic E-state index is 9.46. The summed E-state index contributed by atoms with van der Waals surface area (Å²) in [5, 5.41) is 13.5. The van der Waals surface area contributed by atoms with Crippen molar-refractivity contribution in [2.24, 2.45) is 0 Å². The second-order valence-corrected chi connectivity index (χ2v) is 2.57. The van der Waals surface area contributed by atoms with Crippen LogP contribution in [-0.4, -0.2) is 14.9 Å². The van der Waals surface area contributed by atoms with Crippen LogP contribution in [0.3, 0.4) is 0 Å². The number of aromatic hydroxyl groups is 1. The number of nitrogens with zero attached hydrogens (tertiary/aromatic N) is 2. The fraction of sp³-hybridized carbons (Fsp3) is 0.625. The summed E-state index contributed by atoms with van der Waals surface area (Å²) in [5.74, 6) is 0.328. The third-order valence-electron chi connectivity index (χ3n) is 1.70. The van der Waals surface area contributed by atoms with Crippen molar-refractivity contribution in [3.63, 3.8) is 0 Å². The van der Waals surface area contributed by atoms with E-state index in [1.54, 1.807) is 10.9 Å². The average Bonchev–Trinajstić information content (AvgIpc) is 2.34. The summed E-state index contributed by atoms with van der Waals surface area (Å²) in [6.45, 7) is 4.87. The minimum absolute atomic E-state index is 0.328. The highest BCUT2D eigenvalue weighted by atomic mass is 16.3. The van der Waals surface area contributed by atoms with Crippen molar-refractivity contribution in [1.29, 1.82) is 0 Å². The van der Waals surface area contributed by atoms with Gasteiger partial charge in [0.1, 0.15) is 0 Å². The lowest BCUT2D eigenvalue weighted by atomic mass is 10.3. The SMILES string of the molecule is CCCn1ncc(CC)c1O. The van der Waals surface area contributed by atoms with Crippen LogP contribution in [0.5, 0.6) is 5.88 Å². The smallest absolute Gasteiger partial charge is 0.212 e. The molecule has 1 aromatic heterocycles. The molecular formula is C8H14N2O. The van der Waals surface area contributed by atoms with Gasteiger partial charge in [0, 0.05) is 12.1 Å². The van der Waals surface area contributed by atoms with Gasteiger partial charge in [-0.15, -0.1) is 0 Å². The van der Waals surface area contributed by atoms with Crippen LogP contribution in [0.15, 0.2) is 6.20 Å². The molecule has 3 nitrogen and oxygen atoms in total. The van der Waals surface area contributed by atoms with E-state index in [4.69, 9.17) is 0 Å². The van der Waals surface area contributed by atoms with Gasteiger partial charge in [-0.05, 0) is 12.8 Å². The van der Waals surface area contributed by atoms with E-state index in [1.165, 1.54) is 0 Å². The van der Waals surface area contributed by atoms with Gasteiger partial charge in [0.15, 0.2) is 0 Å². The highest BCUT2D eigenvalue weighted by molar-refractivity contribution is 5.22. The van der Waals surface area contributed by atoms with Crippen molar-refractivity contribution in [3.05, 3.63) is 11.8 Å². The Kier molecular flexibility index (Phi) is 2.52. The Morgan fingerprint density at radius 3 is 2.73 bits per heavy atom. The second kappa shape index (κ2) is 3.42. The van der Waals surface area contributed by atoms with Crippen molar-refractivity contribution >= 4 is 0 Å². The van der Waals surface area contributed by atoms with E-state index in [9.17, 15) is 5.11 Å². The van der Waals surface area contributed by atoms with Gasteiger partial charge in [-0.25, -0.2) is 4.68 Å². The molecule has 1 aromatic rings. The minimum atomic E-state index is 0.328. The standard InChI is InChI=1S/C8H14N2O/c1-3-5-10-8(11)7(4-2)6-9-10/h6,11H,3-5H2,1-2H3. The quantitative estimate of drug-likeness (QED) is 0.717. The topological polar surface area (TPSA) is 38.0 Å². The molecular weight excluding hydrogens is 140 g/mol. The first kappa shape index (κ1) is 8.11. The van der Waals surface area contributed by atoms with Gasteiger partial charge < -0.3 is 5.11 Å². The Morgan fingerprint density at radius 1 is 1.55 bits per heavy atom. The number of rotatable bonds is 3. The Hall–Kier alpha value is -0.990. The van der Waals surface area contributed by atoms with Gasteiger partial charge in [0.25, 0.3) is 0 Å². The summed E-state index contributed by atoms with van der Waals surface area (Å²) in [5.41, 5.74) is 0.929. The van der Waals surface area contributed by atoms with E-state index >= 15 is 0 Å². The third kappa shape index (κ3) is 1.53. The van der Waals surface area contributed by atoms with E-state index in [0.29, 0.717) is 5.88 Å². The van der Waals surface area contributed by atoms with E-state index in [2.05, 4.69) is 12.0 Å². The molecule has 0 fully saturated rings. The largest absolute Gasteiger partial charge is 0.493 e. The number of aryl methyl sites for hydroxylation is 2. The Bertz CT molecular complexity index is 230. The molecule has 0 bridgehead atoms. The summed E-state index contributed by atoms with van der Waals surface area (Å²) in [4.78, 5) is 0. The van der Waals surface area contributed by atoms with Crippen LogP contribution in [0.2, 0.25) is 0 Å². The molecule has 0 aliphatic rings. The van der Waals surface area contributed by atoms with Crippen LogP contribution >= 0.6 is 0 Å². The Morgan fingerprint density at radius 2 is 2.27 bits per heavy atom. The molecule has 0 saturated carbocycles.